The Hall–Kier alpha value is -1.39. The highest BCUT2D eigenvalue weighted by molar-refractivity contribution is 5.53. The Kier molecular flexibility index (Phi) is 2.83. The molecule has 0 bridgehead atoms. The molecule has 0 aromatic heterocycles. The third-order valence-electron chi connectivity index (χ3n) is 2.26. The van der Waals surface area contributed by atoms with E-state index in [9.17, 15) is 23.4 Å². The number of phenols is 2. The fraction of sp³-hybridized carbons (Fsp3) is 0.455. The summed E-state index contributed by atoms with van der Waals surface area (Å²) in [6.45, 7) is 5.19. The van der Waals surface area contributed by atoms with Gasteiger partial charge in [-0.25, -0.2) is 0 Å². The van der Waals surface area contributed by atoms with Crippen LogP contribution in [0.5, 0.6) is 11.5 Å². The molecule has 1 aromatic rings. The molecule has 0 saturated carbocycles. The van der Waals surface area contributed by atoms with E-state index in [1.165, 1.54) is 6.07 Å². The lowest BCUT2D eigenvalue weighted by Gasteiger charge is -2.22. The molecule has 0 atom stereocenters. The second kappa shape index (κ2) is 3.57. The van der Waals surface area contributed by atoms with Crippen molar-refractivity contribution in [2.24, 2.45) is 0 Å². The minimum atomic E-state index is -4.67. The fourth-order valence-corrected chi connectivity index (χ4v) is 1.41. The van der Waals surface area contributed by atoms with Crippen LogP contribution >= 0.6 is 0 Å². The van der Waals surface area contributed by atoms with Gasteiger partial charge in [-0.3, -0.25) is 0 Å². The van der Waals surface area contributed by atoms with Crippen LogP contribution in [0.4, 0.5) is 13.2 Å². The van der Waals surface area contributed by atoms with E-state index in [2.05, 4.69) is 0 Å². The van der Waals surface area contributed by atoms with Gasteiger partial charge in [0, 0.05) is 5.56 Å². The Morgan fingerprint density at radius 3 is 1.62 bits per heavy atom. The first-order valence-electron chi connectivity index (χ1n) is 4.67. The molecule has 0 saturated heterocycles. The number of hydrogen-bond donors (Lipinski definition) is 2. The summed E-state index contributed by atoms with van der Waals surface area (Å²) in [4.78, 5) is 0. The van der Waals surface area contributed by atoms with E-state index < -0.39 is 28.7 Å². The second-order valence-electron chi connectivity index (χ2n) is 4.61. The number of phenolic OH excluding ortho intramolecular Hbond substituents is 2. The van der Waals surface area contributed by atoms with Gasteiger partial charge in [0.05, 0.1) is 0 Å². The SMILES string of the molecule is CC(C)(C)c1ccc(C(F)(F)F)c(O)c1O. The minimum Gasteiger partial charge on any atom is -0.504 e. The van der Waals surface area contributed by atoms with Gasteiger partial charge in [0.1, 0.15) is 5.56 Å². The van der Waals surface area contributed by atoms with E-state index >= 15 is 0 Å². The highest BCUT2D eigenvalue weighted by atomic mass is 19.4. The summed E-state index contributed by atoms with van der Waals surface area (Å²) < 4.78 is 37.2. The van der Waals surface area contributed by atoms with Crippen molar-refractivity contribution < 1.29 is 23.4 Å². The largest absolute Gasteiger partial charge is 0.504 e. The van der Waals surface area contributed by atoms with Gasteiger partial charge < -0.3 is 10.2 Å². The van der Waals surface area contributed by atoms with Crippen LogP contribution in [0, 0.1) is 0 Å². The van der Waals surface area contributed by atoms with Gasteiger partial charge >= 0.3 is 6.18 Å². The number of aromatic hydroxyl groups is 2. The fourth-order valence-electron chi connectivity index (χ4n) is 1.41. The molecule has 1 aromatic carbocycles. The molecule has 16 heavy (non-hydrogen) atoms. The van der Waals surface area contributed by atoms with Gasteiger partial charge in [0.2, 0.25) is 0 Å². The van der Waals surface area contributed by atoms with E-state index in [0.717, 1.165) is 6.07 Å². The molecule has 0 fully saturated rings. The highest BCUT2D eigenvalue weighted by Crippen LogP contribution is 2.44. The Morgan fingerprint density at radius 1 is 0.875 bits per heavy atom. The average molecular weight is 234 g/mol. The molecular formula is C11H13F3O2. The smallest absolute Gasteiger partial charge is 0.420 e. The standard InChI is InChI=1S/C11H13F3O2/c1-10(2,3)6-4-5-7(11(12,13)14)9(16)8(6)15/h4-5,15-16H,1-3H3. The van der Waals surface area contributed by atoms with Crippen molar-refractivity contribution in [2.75, 3.05) is 0 Å². The molecule has 2 N–H and O–H groups in total. The summed E-state index contributed by atoms with van der Waals surface area (Å²) in [5, 5.41) is 18.8. The molecule has 0 spiro atoms. The van der Waals surface area contributed by atoms with Gasteiger partial charge in [-0.2, -0.15) is 13.2 Å². The van der Waals surface area contributed by atoms with Crippen LogP contribution in [0.15, 0.2) is 12.1 Å². The molecular weight excluding hydrogens is 221 g/mol. The predicted octanol–water partition coefficient (Wildman–Crippen LogP) is 3.41. The number of halogens is 3. The van der Waals surface area contributed by atoms with E-state index in [1.54, 1.807) is 20.8 Å². The van der Waals surface area contributed by atoms with Crippen molar-refractivity contribution in [3.63, 3.8) is 0 Å². The Morgan fingerprint density at radius 2 is 1.25 bits per heavy atom. The van der Waals surface area contributed by atoms with Crippen molar-refractivity contribution >= 4 is 0 Å². The predicted molar refractivity (Wildman–Crippen MR) is 53.5 cm³/mol. The van der Waals surface area contributed by atoms with Gasteiger partial charge in [0.25, 0.3) is 0 Å². The Labute approximate surface area is 91.3 Å². The minimum absolute atomic E-state index is 0.276. The summed E-state index contributed by atoms with van der Waals surface area (Å²) in [6, 6.07) is 1.95. The molecule has 0 aliphatic rings. The molecule has 0 heterocycles. The zero-order chi connectivity index (χ0) is 12.7. The normalized spacial score (nSPS) is 12.9. The van der Waals surface area contributed by atoms with Gasteiger partial charge in [-0.1, -0.05) is 26.8 Å². The van der Waals surface area contributed by atoms with Gasteiger partial charge in [-0.15, -0.1) is 0 Å². The summed E-state index contributed by atoms with van der Waals surface area (Å²) >= 11 is 0. The molecule has 0 unspecified atom stereocenters. The van der Waals surface area contributed by atoms with Crippen LogP contribution in [0.1, 0.15) is 31.9 Å². The monoisotopic (exact) mass is 234 g/mol. The summed E-state index contributed by atoms with van der Waals surface area (Å²) in [5.74, 6) is -1.82. The van der Waals surface area contributed by atoms with Crippen molar-refractivity contribution in [3.05, 3.63) is 23.3 Å². The van der Waals surface area contributed by atoms with Gasteiger partial charge in [0.15, 0.2) is 11.5 Å². The van der Waals surface area contributed by atoms with Crippen molar-refractivity contribution in [3.8, 4) is 11.5 Å². The lowest BCUT2D eigenvalue weighted by Crippen LogP contribution is -2.13. The van der Waals surface area contributed by atoms with E-state index in [0.29, 0.717) is 0 Å². The first-order valence-corrected chi connectivity index (χ1v) is 4.67. The number of alkyl halides is 3. The average Bonchev–Trinajstić information content (AvgIpc) is 2.05. The van der Waals surface area contributed by atoms with Crippen molar-refractivity contribution in [1.29, 1.82) is 0 Å². The topological polar surface area (TPSA) is 40.5 Å². The Bertz CT molecular complexity index is 364. The first-order chi connectivity index (χ1) is 7.05. The second-order valence-corrected chi connectivity index (χ2v) is 4.61. The number of rotatable bonds is 0. The van der Waals surface area contributed by atoms with Crippen LogP contribution in [0.25, 0.3) is 0 Å². The van der Waals surface area contributed by atoms with Gasteiger partial charge in [-0.05, 0) is 11.5 Å². The van der Waals surface area contributed by atoms with Crippen LogP contribution in [0.2, 0.25) is 0 Å². The third kappa shape index (κ3) is 2.23. The van der Waals surface area contributed by atoms with Crippen LogP contribution in [-0.2, 0) is 11.6 Å². The lowest BCUT2D eigenvalue weighted by atomic mass is 9.85. The molecule has 5 heteroatoms. The van der Waals surface area contributed by atoms with E-state index in [1.807, 2.05) is 0 Å². The third-order valence-corrected chi connectivity index (χ3v) is 2.26. The van der Waals surface area contributed by atoms with Crippen LogP contribution in [0.3, 0.4) is 0 Å². The Balaban J connectivity index is 3.41. The molecule has 1 rings (SSSR count). The number of benzene rings is 1. The van der Waals surface area contributed by atoms with Crippen LogP contribution < -0.4 is 0 Å². The summed E-state index contributed by atoms with van der Waals surface area (Å²) in [6.07, 6.45) is -4.67. The molecule has 0 radical (unpaired) electrons. The highest BCUT2D eigenvalue weighted by Gasteiger charge is 2.36. The molecule has 0 amide bonds. The quantitative estimate of drug-likeness (QED) is 0.675. The van der Waals surface area contributed by atoms with E-state index in [-0.39, 0.29) is 5.56 Å². The number of hydrogen-bond acceptors (Lipinski definition) is 2. The maximum atomic E-state index is 12.4. The van der Waals surface area contributed by atoms with Crippen molar-refractivity contribution in [1.82, 2.24) is 0 Å². The zero-order valence-corrected chi connectivity index (χ0v) is 9.18. The van der Waals surface area contributed by atoms with Crippen molar-refractivity contribution in [2.45, 2.75) is 32.4 Å². The summed E-state index contributed by atoms with van der Waals surface area (Å²) in [5.41, 5.74) is -1.48. The molecule has 0 aliphatic carbocycles. The maximum absolute atomic E-state index is 12.4. The zero-order valence-electron chi connectivity index (χ0n) is 9.18. The lowest BCUT2D eigenvalue weighted by molar-refractivity contribution is -0.138. The van der Waals surface area contributed by atoms with Crippen LogP contribution in [-0.4, -0.2) is 10.2 Å². The van der Waals surface area contributed by atoms with E-state index in [4.69, 9.17) is 0 Å². The molecule has 2 nitrogen and oxygen atoms in total. The summed E-state index contributed by atoms with van der Waals surface area (Å²) in [7, 11) is 0. The first kappa shape index (κ1) is 12.7. The maximum Gasteiger partial charge on any atom is 0.420 e. The molecule has 90 valence electrons. The molecule has 0 aliphatic heterocycles.